The quantitative estimate of drug-likeness (QED) is 0.0273. The van der Waals surface area contributed by atoms with Crippen LogP contribution in [0.5, 0.6) is 0 Å². The Bertz CT molecular complexity index is 989. The van der Waals surface area contributed by atoms with E-state index >= 15 is 0 Å². The number of amides is 1. The number of likely N-dealkylation sites (N-methyl/N-ethyl adjacent to an activating group) is 1. The van der Waals surface area contributed by atoms with E-state index in [0.29, 0.717) is 17.4 Å². The minimum Gasteiger partial charge on any atom is -0.756 e. The molecule has 0 rings (SSSR count). The van der Waals surface area contributed by atoms with Gasteiger partial charge in [-0.2, -0.15) is 0 Å². The van der Waals surface area contributed by atoms with Gasteiger partial charge in [-0.15, -0.1) is 0 Å². The normalized spacial score (nSPS) is 14.2. The topological polar surface area (TPSA) is 108 Å². The zero-order valence-corrected chi connectivity index (χ0v) is 41.6. The van der Waals surface area contributed by atoms with Gasteiger partial charge < -0.3 is 28.8 Å². The van der Waals surface area contributed by atoms with Gasteiger partial charge in [-0.25, -0.2) is 0 Å². The molecule has 0 aromatic carbocycles. The maximum Gasteiger partial charge on any atom is 0.268 e. The molecule has 0 aromatic heterocycles. The Hall–Kier alpha value is -0.760. The second kappa shape index (κ2) is 43.5. The van der Waals surface area contributed by atoms with E-state index in [9.17, 15) is 19.4 Å². The summed E-state index contributed by atoms with van der Waals surface area (Å²) in [6.45, 7) is 4.56. The lowest BCUT2D eigenvalue weighted by Crippen LogP contribution is -2.45. The number of carbonyl (C=O) groups is 1. The van der Waals surface area contributed by atoms with Crippen LogP contribution in [0, 0.1) is 0 Å². The highest BCUT2D eigenvalue weighted by atomic mass is 31.2. The van der Waals surface area contributed by atoms with Gasteiger partial charge in [0.1, 0.15) is 13.2 Å². The van der Waals surface area contributed by atoms with Crippen LogP contribution >= 0.6 is 7.82 Å². The van der Waals surface area contributed by atoms with E-state index in [2.05, 4.69) is 19.2 Å². The molecular formula is C51H103N2O6P. The Morgan fingerprint density at radius 1 is 0.567 bits per heavy atom. The van der Waals surface area contributed by atoms with Gasteiger partial charge in [0, 0.05) is 6.42 Å². The van der Waals surface area contributed by atoms with Crippen molar-refractivity contribution in [2.24, 2.45) is 0 Å². The van der Waals surface area contributed by atoms with Gasteiger partial charge in [0.25, 0.3) is 7.82 Å². The fourth-order valence-electron chi connectivity index (χ4n) is 7.86. The molecule has 9 heteroatoms. The molecule has 1 amide bonds. The molecule has 0 aliphatic heterocycles. The molecule has 0 aliphatic rings. The molecule has 0 aromatic rings. The lowest BCUT2D eigenvalue weighted by Gasteiger charge is -2.29. The van der Waals surface area contributed by atoms with E-state index in [0.717, 1.165) is 44.9 Å². The van der Waals surface area contributed by atoms with E-state index in [1.54, 1.807) is 6.08 Å². The average molecular weight is 871 g/mol. The van der Waals surface area contributed by atoms with Crippen molar-refractivity contribution >= 4 is 13.7 Å². The molecule has 0 saturated carbocycles. The summed E-state index contributed by atoms with van der Waals surface area (Å²) in [7, 11) is 1.27. The van der Waals surface area contributed by atoms with Gasteiger partial charge in [0.05, 0.1) is 39.9 Å². The summed E-state index contributed by atoms with van der Waals surface area (Å²) < 4.78 is 23.0. The highest BCUT2D eigenvalue weighted by Gasteiger charge is 2.23. The van der Waals surface area contributed by atoms with Crippen molar-refractivity contribution < 1.29 is 32.9 Å². The van der Waals surface area contributed by atoms with Crippen molar-refractivity contribution in [2.45, 2.75) is 270 Å². The standard InChI is InChI=1S/C51H103N2O6P/c1-6-8-10-12-13-14-15-16-17-18-19-20-21-22-23-24-25-26-27-28-29-30-31-32-33-34-35-36-37-38-39-41-43-45-51(55)52-49(50(54)44-42-40-11-9-7-2)48-59-60(56,57)58-47-46-53(3,4)5/h42,44,49-50,54H,6-41,43,45-48H2,1-5H3,(H-,52,55,56,57)/b44-42+. The van der Waals surface area contributed by atoms with Gasteiger partial charge in [-0.1, -0.05) is 244 Å². The number of rotatable bonds is 48. The highest BCUT2D eigenvalue weighted by Crippen LogP contribution is 2.38. The largest absolute Gasteiger partial charge is 0.756 e. The SMILES string of the molecule is CCCCC/C=C/C(O)C(COP(=O)([O-])OCC[N+](C)(C)C)NC(=O)CCCCCCCCCCCCCCCCCCCCCCCCCCCCCCCCCCC. The number of aliphatic hydroxyl groups is 1. The minimum absolute atomic E-state index is 0.000909. The Morgan fingerprint density at radius 2 is 0.900 bits per heavy atom. The average Bonchev–Trinajstić information content (AvgIpc) is 3.20. The predicted octanol–water partition coefficient (Wildman–Crippen LogP) is 14.5. The molecule has 3 unspecified atom stereocenters. The van der Waals surface area contributed by atoms with Gasteiger partial charge in [-0.05, 0) is 19.3 Å². The first kappa shape index (κ1) is 59.2. The minimum atomic E-state index is -4.57. The van der Waals surface area contributed by atoms with Crippen LogP contribution in [0.2, 0.25) is 0 Å². The lowest BCUT2D eigenvalue weighted by atomic mass is 10.0. The first-order chi connectivity index (χ1) is 29.0. The Balaban J connectivity index is 3.73. The molecule has 0 heterocycles. The van der Waals surface area contributed by atoms with Crippen molar-refractivity contribution in [1.29, 1.82) is 0 Å². The van der Waals surface area contributed by atoms with E-state index in [1.165, 1.54) is 193 Å². The third kappa shape index (κ3) is 45.3. The summed E-state index contributed by atoms with van der Waals surface area (Å²) in [6, 6.07) is -0.877. The van der Waals surface area contributed by atoms with Crippen molar-refractivity contribution in [3.8, 4) is 0 Å². The molecule has 0 aliphatic carbocycles. The van der Waals surface area contributed by atoms with Crippen molar-refractivity contribution in [3.63, 3.8) is 0 Å². The number of hydrogen-bond acceptors (Lipinski definition) is 6. The van der Waals surface area contributed by atoms with Gasteiger partial charge >= 0.3 is 0 Å². The second-order valence-corrected chi connectivity index (χ2v) is 20.7. The fraction of sp³-hybridized carbons (Fsp3) is 0.941. The third-order valence-electron chi connectivity index (χ3n) is 12.0. The smallest absolute Gasteiger partial charge is 0.268 e. The highest BCUT2D eigenvalue weighted by molar-refractivity contribution is 7.45. The summed E-state index contributed by atoms with van der Waals surface area (Å²) in [5.41, 5.74) is 0. The Kier molecular flexibility index (Phi) is 42.9. The summed E-state index contributed by atoms with van der Waals surface area (Å²) in [5.74, 6) is -0.200. The molecule has 0 radical (unpaired) electrons. The lowest BCUT2D eigenvalue weighted by molar-refractivity contribution is -0.870. The number of nitrogens with one attached hydrogen (secondary N) is 1. The summed E-state index contributed by atoms with van der Waals surface area (Å²) >= 11 is 0. The summed E-state index contributed by atoms with van der Waals surface area (Å²) in [5, 5.41) is 13.6. The van der Waals surface area contributed by atoms with Crippen LogP contribution in [0.25, 0.3) is 0 Å². The maximum absolute atomic E-state index is 12.8. The molecule has 0 spiro atoms. The molecule has 0 fully saturated rings. The number of nitrogens with zero attached hydrogens (tertiary/aromatic N) is 1. The molecule has 2 N–H and O–H groups in total. The Labute approximate surface area is 373 Å². The van der Waals surface area contributed by atoms with Gasteiger partial charge in [0.15, 0.2) is 0 Å². The predicted molar refractivity (Wildman–Crippen MR) is 256 cm³/mol. The number of unbranched alkanes of at least 4 members (excludes halogenated alkanes) is 35. The van der Waals surface area contributed by atoms with Crippen molar-refractivity contribution in [2.75, 3.05) is 40.9 Å². The number of phosphoric ester groups is 1. The number of aliphatic hydroxyl groups excluding tert-OH is 1. The van der Waals surface area contributed by atoms with Crippen molar-refractivity contribution in [3.05, 3.63) is 12.2 Å². The van der Waals surface area contributed by atoms with Gasteiger partial charge in [-0.3, -0.25) is 9.36 Å². The molecule has 60 heavy (non-hydrogen) atoms. The van der Waals surface area contributed by atoms with Crippen LogP contribution in [0.3, 0.4) is 0 Å². The molecular weight excluding hydrogens is 768 g/mol. The number of hydrogen-bond donors (Lipinski definition) is 2. The van der Waals surface area contributed by atoms with Crippen LogP contribution in [0.4, 0.5) is 0 Å². The van der Waals surface area contributed by atoms with Crippen LogP contribution in [-0.4, -0.2) is 68.5 Å². The van der Waals surface area contributed by atoms with E-state index in [1.807, 2.05) is 27.2 Å². The van der Waals surface area contributed by atoms with Crippen molar-refractivity contribution in [1.82, 2.24) is 5.32 Å². The third-order valence-corrected chi connectivity index (χ3v) is 13.0. The van der Waals surface area contributed by atoms with E-state index in [-0.39, 0.29) is 19.1 Å². The van der Waals surface area contributed by atoms with Crippen LogP contribution < -0.4 is 10.2 Å². The number of phosphoric acid groups is 1. The molecule has 3 atom stereocenters. The number of quaternary nitrogens is 1. The monoisotopic (exact) mass is 871 g/mol. The van der Waals surface area contributed by atoms with Crippen LogP contribution in [0.1, 0.15) is 258 Å². The fourth-order valence-corrected chi connectivity index (χ4v) is 8.58. The maximum atomic E-state index is 12.8. The first-order valence-electron chi connectivity index (χ1n) is 26.1. The summed E-state index contributed by atoms with van der Waals surface area (Å²) in [6.07, 6.45) is 52.2. The molecule has 0 bridgehead atoms. The zero-order valence-electron chi connectivity index (χ0n) is 40.7. The van der Waals surface area contributed by atoms with E-state index in [4.69, 9.17) is 9.05 Å². The van der Waals surface area contributed by atoms with Crippen LogP contribution in [-0.2, 0) is 18.4 Å². The van der Waals surface area contributed by atoms with E-state index < -0.39 is 20.0 Å². The zero-order chi connectivity index (χ0) is 44.3. The molecule has 0 saturated heterocycles. The molecule has 358 valence electrons. The second-order valence-electron chi connectivity index (χ2n) is 19.2. The number of allylic oxidation sites excluding steroid dienone is 1. The Morgan fingerprint density at radius 3 is 1.25 bits per heavy atom. The summed E-state index contributed by atoms with van der Waals surface area (Å²) in [4.78, 5) is 25.1. The molecule has 8 nitrogen and oxygen atoms in total. The van der Waals surface area contributed by atoms with Crippen LogP contribution in [0.15, 0.2) is 12.2 Å². The number of carbonyl (C=O) groups excluding carboxylic acids is 1. The van der Waals surface area contributed by atoms with Gasteiger partial charge in [0.2, 0.25) is 5.91 Å². The first-order valence-corrected chi connectivity index (χ1v) is 27.5.